The number of benzene rings is 1. The van der Waals surface area contributed by atoms with E-state index >= 15 is 0 Å². The van der Waals surface area contributed by atoms with Gasteiger partial charge in [0.05, 0.1) is 5.25 Å². The standard InChI is InChI=1S/C18H20FNS/c19-16-8-4-2-6-14(16)17-13-5-1-3-7-15(13)18(21-17)9-11-20-12-10-18/h2-8,15,17,20H,1,9-12H2. The monoisotopic (exact) mass is 301 g/mol. The predicted octanol–water partition coefficient (Wildman–Crippen LogP) is 4.24. The largest absolute Gasteiger partial charge is 0.317 e. The van der Waals surface area contributed by atoms with E-state index in [4.69, 9.17) is 0 Å². The van der Waals surface area contributed by atoms with Crippen molar-refractivity contribution in [3.63, 3.8) is 0 Å². The molecule has 0 aromatic heterocycles. The summed E-state index contributed by atoms with van der Waals surface area (Å²) in [7, 11) is 0. The Morgan fingerprint density at radius 1 is 1.19 bits per heavy atom. The maximum atomic E-state index is 14.3. The van der Waals surface area contributed by atoms with E-state index < -0.39 is 0 Å². The van der Waals surface area contributed by atoms with E-state index in [9.17, 15) is 4.39 Å². The second kappa shape index (κ2) is 5.29. The molecular formula is C18H20FNS. The summed E-state index contributed by atoms with van der Waals surface area (Å²) in [5, 5.41) is 3.66. The van der Waals surface area contributed by atoms with E-state index in [2.05, 4.69) is 23.5 Å². The SMILES string of the molecule is Fc1ccccc1C1SC2(CCNCC2)C2C=CCC=C12. The summed E-state index contributed by atoms with van der Waals surface area (Å²) in [6.45, 7) is 2.16. The molecule has 3 heteroatoms. The molecule has 0 amide bonds. The molecule has 1 nitrogen and oxygen atoms in total. The van der Waals surface area contributed by atoms with Gasteiger partial charge in [-0.05, 0) is 44.0 Å². The van der Waals surface area contributed by atoms with Crippen LogP contribution in [0.15, 0.2) is 48.1 Å². The topological polar surface area (TPSA) is 12.0 Å². The van der Waals surface area contributed by atoms with Gasteiger partial charge in [0.25, 0.3) is 0 Å². The van der Waals surface area contributed by atoms with Crippen molar-refractivity contribution in [3.05, 3.63) is 59.4 Å². The van der Waals surface area contributed by atoms with Crippen molar-refractivity contribution >= 4 is 11.8 Å². The van der Waals surface area contributed by atoms with Crippen LogP contribution in [0.4, 0.5) is 4.39 Å². The number of allylic oxidation sites excluding steroid dienone is 3. The smallest absolute Gasteiger partial charge is 0.127 e. The lowest BCUT2D eigenvalue weighted by molar-refractivity contribution is 0.372. The zero-order valence-corrected chi connectivity index (χ0v) is 12.8. The highest BCUT2D eigenvalue weighted by atomic mass is 32.2. The molecule has 21 heavy (non-hydrogen) atoms. The number of thioether (sulfide) groups is 1. The first-order valence-electron chi connectivity index (χ1n) is 7.80. The van der Waals surface area contributed by atoms with Gasteiger partial charge in [-0.3, -0.25) is 0 Å². The molecule has 0 radical (unpaired) electrons. The lowest BCUT2D eigenvalue weighted by atomic mass is 9.76. The Bertz CT molecular complexity index is 601. The van der Waals surface area contributed by atoms with Gasteiger partial charge in [0.15, 0.2) is 0 Å². The van der Waals surface area contributed by atoms with Crippen molar-refractivity contribution in [1.82, 2.24) is 5.32 Å². The first kappa shape index (κ1) is 13.6. The average molecular weight is 301 g/mol. The minimum atomic E-state index is -0.0600. The van der Waals surface area contributed by atoms with E-state index in [0.717, 1.165) is 25.1 Å². The molecule has 2 fully saturated rings. The quantitative estimate of drug-likeness (QED) is 0.779. The molecule has 1 aromatic rings. The molecule has 0 bridgehead atoms. The third kappa shape index (κ3) is 2.18. The van der Waals surface area contributed by atoms with Crippen LogP contribution in [0.5, 0.6) is 0 Å². The Labute approximate surface area is 129 Å². The molecule has 0 saturated carbocycles. The van der Waals surface area contributed by atoms with Gasteiger partial charge in [-0.15, -0.1) is 11.8 Å². The van der Waals surface area contributed by atoms with Crippen LogP contribution in [0.2, 0.25) is 0 Å². The molecule has 3 aliphatic rings. The number of hydrogen-bond donors (Lipinski definition) is 1. The first-order valence-corrected chi connectivity index (χ1v) is 8.68. The van der Waals surface area contributed by atoms with Gasteiger partial charge in [-0.1, -0.05) is 36.4 Å². The minimum absolute atomic E-state index is 0.0600. The average Bonchev–Trinajstić information content (AvgIpc) is 2.84. The van der Waals surface area contributed by atoms with Crippen LogP contribution in [0, 0.1) is 11.7 Å². The normalized spacial score (nSPS) is 30.2. The van der Waals surface area contributed by atoms with Crippen molar-refractivity contribution in [2.45, 2.75) is 29.3 Å². The van der Waals surface area contributed by atoms with Crippen LogP contribution in [0.25, 0.3) is 0 Å². The Hall–Kier alpha value is -1.06. The summed E-state index contributed by atoms with van der Waals surface area (Å²) in [5.74, 6) is 0.429. The highest BCUT2D eigenvalue weighted by Crippen LogP contribution is 2.62. The lowest BCUT2D eigenvalue weighted by Gasteiger charge is -2.37. The summed E-state index contributed by atoms with van der Waals surface area (Å²) in [6, 6.07) is 7.30. The molecule has 4 rings (SSSR count). The second-order valence-corrected chi connectivity index (χ2v) is 7.70. The summed E-state index contributed by atoms with van der Waals surface area (Å²) in [5.41, 5.74) is 2.30. The number of rotatable bonds is 1. The van der Waals surface area contributed by atoms with Crippen LogP contribution < -0.4 is 5.32 Å². The third-order valence-corrected chi connectivity index (χ3v) is 6.93. The van der Waals surface area contributed by atoms with E-state index in [-0.39, 0.29) is 15.8 Å². The molecular weight excluding hydrogens is 281 g/mol. The summed E-state index contributed by atoms with van der Waals surface area (Å²) in [6.07, 6.45) is 10.3. The number of hydrogen-bond acceptors (Lipinski definition) is 2. The van der Waals surface area contributed by atoms with Crippen molar-refractivity contribution in [2.75, 3.05) is 13.1 Å². The summed E-state index contributed by atoms with van der Waals surface area (Å²) in [4.78, 5) is 0. The van der Waals surface area contributed by atoms with E-state index in [1.807, 2.05) is 23.9 Å². The molecule has 110 valence electrons. The molecule has 2 saturated heterocycles. The lowest BCUT2D eigenvalue weighted by Crippen LogP contribution is -2.42. The predicted molar refractivity (Wildman–Crippen MR) is 86.9 cm³/mol. The van der Waals surface area contributed by atoms with Crippen molar-refractivity contribution in [3.8, 4) is 0 Å². The van der Waals surface area contributed by atoms with Crippen LogP contribution in [-0.4, -0.2) is 17.8 Å². The van der Waals surface area contributed by atoms with Gasteiger partial charge in [0.2, 0.25) is 0 Å². The van der Waals surface area contributed by atoms with Gasteiger partial charge >= 0.3 is 0 Å². The molecule has 2 heterocycles. The number of piperidine rings is 1. The Morgan fingerprint density at radius 3 is 2.81 bits per heavy atom. The van der Waals surface area contributed by atoms with Crippen molar-refractivity contribution in [2.24, 2.45) is 5.92 Å². The van der Waals surface area contributed by atoms with Crippen LogP contribution in [0.1, 0.15) is 30.1 Å². The Kier molecular flexibility index (Phi) is 3.43. The van der Waals surface area contributed by atoms with E-state index in [1.165, 1.54) is 18.4 Å². The van der Waals surface area contributed by atoms with Crippen LogP contribution >= 0.6 is 11.8 Å². The molecule has 2 aliphatic heterocycles. The second-order valence-electron chi connectivity index (χ2n) is 6.18. The molecule has 1 N–H and O–H groups in total. The maximum Gasteiger partial charge on any atom is 0.127 e. The zero-order valence-electron chi connectivity index (χ0n) is 12.0. The Morgan fingerprint density at radius 2 is 2.00 bits per heavy atom. The van der Waals surface area contributed by atoms with Crippen molar-refractivity contribution < 1.29 is 4.39 Å². The number of halogens is 1. The zero-order chi connectivity index (χ0) is 14.3. The fourth-order valence-electron chi connectivity index (χ4n) is 3.99. The van der Waals surface area contributed by atoms with Crippen LogP contribution in [-0.2, 0) is 0 Å². The van der Waals surface area contributed by atoms with Gasteiger partial charge in [0, 0.05) is 16.2 Å². The molecule has 2 atom stereocenters. The summed E-state index contributed by atoms with van der Waals surface area (Å²) < 4.78 is 14.5. The molecule has 1 spiro atoms. The molecule has 1 aromatic carbocycles. The fourth-order valence-corrected chi connectivity index (χ4v) is 5.96. The number of fused-ring (bicyclic) bond motifs is 2. The third-order valence-electron chi connectivity index (χ3n) is 5.04. The highest BCUT2D eigenvalue weighted by molar-refractivity contribution is 8.01. The van der Waals surface area contributed by atoms with Gasteiger partial charge in [-0.2, -0.15) is 0 Å². The first-order chi connectivity index (χ1) is 10.3. The fraction of sp³-hybridized carbons (Fsp3) is 0.444. The number of nitrogens with one attached hydrogen (secondary N) is 1. The highest BCUT2D eigenvalue weighted by Gasteiger charge is 2.51. The molecule has 2 unspecified atom stereocenters. The van der Waals surface area contributed by atoms with Gasteiger partial charge < -0.3 is 5.32 Å². The van der Waals surface area contributed by atoms with E-state index in [1.54, 1.807) is 12.1 Å². The Balaban J connectivity index is 1.76. The van der Waals surface area contributed by atoms with Crippen molar-refractivity contribution in [1.29, 1.82) is 0 Å². The maximum absolute atomic E-state index is 14.3. The van der Waals surface area contributed by atoms with Gasteiger partial charge in [-0.25, -0.2) is 4.39 Å². The molecule has 1 aliphatic carbocycles. The van der Waals surface area contributed by atoms with Crippen LogP contribution in [0.3, 0.4) is 0 Å². The minimum Gasteiger partial charge on any atom is -0.317 e. The van der Waals surface area contributed by atoms with Gasteiger partial charge in [0.1, 0.15) is 5.82 Å². The summed E-state index contributed by atoms with van der Waals surface area (Å²) >= 11 is 2.01. The van der Waals surface area contributed by atoms with E-state index in [0.29, 0.717) is 5.92 Å².